The molecule has 1 aromatic rings. The summed E-state index contributed by atoms with van der Waals surface area (Å²) in [6.07, 6.45) is 4.67. The van der Waals surface area contributed by atoms with E-state index in [0.29, 0.717) is 11.5 Å². The van der Waals surface area contributed by atoms with E-state index in [1.807, 2.05) is 36.2 Å². The highest BCUT2D eigenvalue weighted by Gasteiger charge is 2.30. The smallest absolute Gasteiger partial charge is 0.253 e. The maximum atomic E-state index is 12.5. The Hall–Kier alpha value is -0.580. The Bertz CT molecular complexity index is 460. The molecular formula is C16H22INO. The lowest BCUT2D eigenvalue weighted by atomic mass is 9.75. The zero-order valence-electron chi connectivity index (χ0n) is 11.9. The summed E-state index contributed by atoms with van der Waals surface area (Å²) in [7, 11) is 1.95. The van der Waals surface area contributed by atoms with Crippen molar-refractivity contribution in [2.24, 2.45) is 5.41 Å². The first-order valence-corrected chi connectivity index (χ1v) is 8.00. The van der Waals surface area contributed by atoms with Gasteiger partial charge < -0.3 is 4.90 Å². The summed E-state index contributed by atoms with van der Waals surface area (Å²) >= 11 is 2.25. The van der Waals surface area contributed by atoms with Crippen LogP contribution in [0.4, 0.5) is 0 Å². The molecule has 0 heterocycles. The first-order valence-electron chi connectivity index (χ1n) is 6.92. The van der Waals surface area contributed by atoms with Crippen LogP contribution in [-0.2, 0) is 0 Å². The summed E-state index contributed by atoms with van der Waals surface area (Å²) in [5.41, 5.74) is 1.25. The Morgan fingerprint density at radius 2 is 1.95 bits per heavy atom. The van der Waals surface area contributed by atoms with Gasteiger partial charge in [0.2, 0.25) is 0 Å². The van der Waals surface area contributed by atoms with Crippen LogP contribution in [0.3, 0.4) is 0 Å². The number of hydrogen-bond donors (Lipinski definition) is 0. The molecule has 0 bridgehead atoms. The van der Waals surface area contributed by atoms with E-state index in [2.05, 4.69) is 36.4 Å². The molecule has 0 atom stereocenters. The van der Waals surface area contributed by atoms with Crippen LogP contribution in [0.15, 0.2) is 24.3 Å². The van der Waals surface area contributed by atoms with Crippen LogP contribution < -0.4 is 0 Å². The van der Waals surface area contributed by atoms with E-state index < -0.39 is 0 Å². The zero-order chi connectivity index (χ0) is 14.0. The van der Waals surface area contributed by atoms with Crippen molar-refractivity contribution in [1.82, 2.24) is 4.90 Å². The molecular weight excluding hydrogens is 349 g/mol. The molecule has 1 amide bonds. The summed E-state index contributed by atoms with van der Waals surface area (Å²) in [6.45, 7) is 4.65. The van der Waals surface area contributed by atoms with Gasteiger partial charge in [0.15, 0.2) is 0 Å². The van der Waals surface area contributed by atoms with Crippen molar-refractivity contribution in [1.29, 1.82) is 0 Å². The number of amides is 1. The van der Waals surface area contributed by atoms with Gasteiger partial charge in [-0.05, 0) is 71.9 Å². The first-order chi connectivity index (χ1) is 8.89. The highest BCUT2D eigenvalue weighted by molar-refractivity contribution is 14.1. The molecule has 1 aliphatic carbocycles. The predicted molar refractivity (Wildman–Crippen MR) is 87.3 cm³/mol. The summed E-state index contributed by atoms with van der Waals surface area (Å²) in [5.74, 6) is 0.156. The van der Waals surface area contributed by atoms with Gasteiger partial charge in [-0.3, -0.25) is 4.79 Å². The Morgan fingerprint density at radius 1 is 1.32 bits per heavy atom. The quantitative estimate of drug-likeness (QED) is 0.709. The topological polar surface area (TPSA) is 20.3 Å². The molecule has 1 fully saturated rings. The third-order valence-electron chi connectivity index (χ3n) is 4.25. The van der Waals surface area contributed by atoms with Crippen LogP contribution >= 0.6 is 22.6 Å². The van der Waals surface area contributed by atoms with E-state index in [-0.39, 0.29) is 5.91 Å². The van der Waals surface area contributed by atoms with Gasteiger partial charge in [0.25, 0.3) is 5.91 Å². The Labute approximate surface area is 129 Å². The van der Waals surface area contributed by atoms with Gasteiger partial charge in [0.1, 0.15) is 0 Å². The number of carbonyl (C=O) groups excluding carboxylic acids is 1. The molecule has 104 valence electrons. The van der Waals surface area contributed by atoms with Crippen LogP contribution in [0, 0.1) is 8.99 Å². The summed E-state index contributed by atoms with van der Waals surface area (Å²) in [4.78, 5) is 14.4. The second-order valence-corrected chi connectivity index (χ2v) is 7.57. The van der Waals surface area contributed by atoms with Gasteiger partial charge >= 0.3 is 0 Å². The third-order valence-corrected chi connectivity index (χ3v) is 4.92. The Balaban J connectivity index is 2.04. The molecule has 0 aromatic heterocycles. The van der Waals surface area contributed by atoms with E-state index >= 15 is 0 Å². The van der Waals surface area contributed by atoms with E-state index in [0.717, 1.165) is 22.0 Å². The third kappa shape index (κ3) is 3.71. The molecule has 1 aliphatic rings. The molecule has 0 N–H and O–H groups in total. The molecule has 0 spiro atoms. The highest BCUT2D eigenvalue weighted by Crippen LogP contribution is 2.36. The molecule has 2 rings (SSSR count). The van der Waals surface area contributed by atoms with Gasteiger partial charge in [-0.25, -0.2) is 0 Å². The molecule has 1 saturated carbocycles. The van der Waals surface area contributed by atoms with Crippen LogP contribution in [-0.4, -0.2) is 23.9 Å². The largest absolute Gasteiger partial charge is 0.339 e. The lowest BCUT2D eigenvalue weighted by Gasteiger charge is -2.38. The number of halogens is 1. The minimum Gasteiger partial charge on any atom is -0.339 e. The lowest BCUT2D eigenvalue weighted by molar-refractivity contribution is 0.0635. The maximum Gasteiger partial charge on any atom is 0.253 e. The fourth-order valence-electron chi connectivity index (χ4n) is 2.76. The normalized spacial score (nSPS) is 19.2. The monoisotopic (exact) mass is 371 g/mol. The molecule has 1 aromatic carbocycles. The minimum atomic E-state index is 0.156. The van der Waals surface area contributed by atoms with Gasteiger partial charge in [-0.2, -0.15) is 0 Å². The molecule has 0 radical (unpaired) electrons. The molecule has 0 unspecified atom stereocenters. The summed E-state index contributed by atoms with van der Waals surface area (Å²) < 4.78 is 1.11. The van der Waals surface area contributed by atoms with Gasteiger partial charge in [0, 0.05) is 22.2 Å². The highest BCUT2D eigenvalue weighted by atomic mass is 127. The van der Waals surface area contributed by atoms with E-state index in [1.165, 1.54) is 12.8 Å². The van der Waals surface area contributed by atoms with Gasteiger partial charge in [0.05, 0.1) is 0 Å². The number of rotatable bonds is 2. The average molecular weight is 371 g/mol. The number of hydrogen-bond acceptors (Lipinski definition) is 1. The van der Waals surface area contributed by atoms with Crippen molar-refractivity contribution in [3.05, 3.63) is 33.4 Å². The van der Waals surface area contributed by atoms with Gasteiger partial charge in [-0.15, -0.1) is 0 Å². The second-order valence-electron chi connectivity index (χ2n) is 6.32. The van der Waals surface area contributed by atoms with Crippen molar-refractivity contribution in [2.75, 3.05) is 7.05 Å². The summed E-state index contributed by atoms with van der Waals surface area (Å²) in [5, 5.41) is 0. The minimum absolute atomic E-state index is 0.156. The predicted octanol–water partition coefficient (Wildman–Crippen LogP) is 4.33. The van der Waals surface area contributed by atoms with Crippen molar-refractivity contribution in [3.63, 3.8) is 0 Å². The van der Waals surface area contributed by atoms with Crippen LogP contribution in [0.25, 0.3) is 0 Å². The van der Waals surface area contributed by atoms with Crippen LogP contribution in [0.1, 0.15) is 49.9 Å². The molecule has 19 heavy (non-hydrogen) atoms. The number of nitrogens with zero attached hydrogens (tertiary/aromatic N) is 1. The Kier molecular flexibility index (Phi) is 4.54. The maximum absolute atomic E-state index is 12.5. The van der Waals surface area contributed by atoms with E-state index in [4.69, 9.17) is 0 Å². The molecule has 0 saturated heterocycles. The zero-order valence-corrected chi connectivity index (χ0v) is 14.1. The molecule has 2 nitrogen and oxygen atoms in total. The number of benzene rings is 1. The molecule has 0 aliphatic heterocycles. The second kappa shape index (κ2) is 5.81. The van der Waals surface area contributed by atoms with Crippen LogP contribution in [0.2, 0.25) is 0 Å². The van der Waals surface area contributed by atoms with E-state index in [1.54, 1.807) is 0 Å². The van der Waals surface area contributed by atoms with Crippen LogP contribution in [0.5, 0.6) is 0 Å². The lowest BCUT2D eigenvalue weighted by Crippen LogP contribution is -2.40. The summed E-state index contributed by atoms with van der Waals surface area (Å²) in [6, 6.07) is 8.24. The molecule has 3 heteroatoms. The number of carbonyl (C=O) groups is 1. The van der Waals surface area contributed by atoms with Crippen molar-refractivity contribution in [3.8, 4) is 0 Å². The average Bonchev–Trinajstić information content (AvgIpc) is 2.37. The Morgan fingerprint density at radius 3 is 2.53 bits per heavy atom. The van der Waals surface area contributed by atoms with Crippen molar-refractivity contribution < 1.29 is 4.79 Å². The standard InChI is InChI=1S/C16H22INO/c1-16(2)9-7-14(8-10-16)18(3)15(19)12-5-4-6-13(17)11-12/h4-6,11,14H,7-10H2,1-3H3. The first kappa shape index (κ1) is 14.8. The fourth-order valence-corrected chi connectivity index (χ4v) is 3.31. The van der Waals surface area contributed by atoms with Crippen molar-refractivity contribution >= 4 is 28.5 Å². The fraction of sp³-hybridized carbons (Fsp3) is 0.562. The van der Waals surface area contributed by atoms with Gasteiger partial charge in [-0.1, -0.05) is 19.9 Å². The van der Waals surface area contributed by atoms with E-state index in [9.17, 15) is 4.79 Å². The van der Waals surface area contributed by atoms with Crippen molar-refractivity contribution in [2.45, 2.75) is 45.6 Å². The SMILES string of the molecule is CN(C(=O)c1cccc(I)c1)C1CCC(C)(C)CC1.